The second-order valence-corrected chi connectivity index (χ2v) is 16.4. The van der Waals surface area contributed by atoms with Crippen LogP contribution in [0.2, 0.25) is 0 Å². The number of carbonyl (C=O) groups is 8. The zero-order valence-electron chi connectivity index (χ0n) is 35.5. The fourth-order valence-corrected chi connectivity index (χ4v) is 7.68. The van der Waals surface area contributed by atoms with Crippen molar-refractivity contribution in [3.63, 3.8) is 0 Å². The molecule has 5 rings (SSSR count). The van der Waals surface area contributed by atoms with Crippen LogP contribution in [0.4, 0.5) is 0 Å². The van der Waals surface area contributed by atoms with E-state index >= 15 is 0 Å². The minimum atomic E-state index is -1.37. The summed E-state index contributed by atoms with van der Waals surface area (Å²) in [6.07, 6.45) is 3.99. The van der Waals surface area contributed by atoms with Crippen molar-refractivity contribution in [2.75, 3.05) is 26.3 Å². The molecule has 336 valence electrons. The van der Waals surface area contributed by atoms with Crippen LogP contribution in [0.5, 0.6) is 11.5 Å². The lowest BCUT2D eigenvalue weighted by Crippen LogP contribution is -2.62. The minimum absolute atomic E-state index is 0.0216. The summed E-state index contributed by atoms with van der Waals surface area (Å²) in [6, 6.07) is 9.12. The number of primary amides is 1. The average molecular weight is 861 g/mol. The summed E-state index contributed by atoms with van der Waals surface area (Å²) in [5.41, 5.74) is 4.77. The highest BCUT2D eigenvalue weighted by molar-refractivity contribution is 6.01. The van der Waals surface area contributed by atoms with E-state index in [0.29, 0.717) is 32.1 Å². The molecular formula is C44H60N8O10. The fraction of sp³-hybridized carbons (Fsp3) is 0.545. The molecule has 18 heteroatoms. The van der Waals surface area contributed by atoms with Crippen LogP contribution in [-0.2, 0) is 28.8 Å². The third-order valence-electron chi connectivity index (χ3n) is 11.4. The Hall–Kier alpha value is -6.20. The predicted molar refractivity (Wildman–Crippen MR) is 227 cm³/mol. The summed E-state index contributed by atoms with van der Waals surface area (Å²) >= 11 is 0. The molecule has 0 radical (unpaired) electrons. The van der Waals surface area contributed by atoms with Crippen molar-refractivity contribution in [1.82, 2.24) is 37.2 Å². The Kier molecular flexibility index (Phi) is 17.1. The third-order valence-corrected chi connectivity index (χ3v) is 11.4. The first-order chi connectivity index (χ1) is 29.8. The molecule has 2 aliphatic heterocycles. The quantitative estimate of drug-likeness (QED) is 0.176. The maximum absolute atomic E-state index is 13.9. The van der Waals surface area contributed by atoms with Gasteiger partial charge in [-0.2, -0.15) is 0 Å². The first kappa shape index (κ1) is 46.9. The third kappa shape index (κ3) is 13.1. The van der Waals surface area contributed by atoms with E-state index in [2.05, 4.69) is 37.2 Å². The summed E-state index contributed by atoms with van der Waals surface area (Å²) in [5.74, 6) is -4.03. The molecule has 62 heavy (non-hydrogen) atoms. The summed E-state index contributed by atoms with van der Waals surface area (Å²) in [5, 5.41) is 19.6. The van der Waals surface area contributed by atoms with Gasteiger partial charge in [-0.05, 0) is 75.1 Å². The van der Waals surface area contributed by atoms with Gasteiger partial charge in [0.25, 0.3) is 11.8 Å². The van der Waals surface area contributed by atoms with Gasteiger partial charge in [-0.15, -0.1) is 0 Å². The van der Waals surface area contributed by atoms with Gasteiger partial charge >= 0.3 is 0 Å². The van der Waals surface area contributed by atoms with Gasteiger partial charge in [0.05, 0.1) is 30.2 Å². The molecule has 0 saturated heterocycles. The number of hydrogen-bond acceptors (Lipinski definition) is 10. The van der Waals surface area contributed by atoms with E-state index in [1.165, 1.54) is 6.07 Å². The molecule has 4 atom stereocenters. The Bertz CT molecular complexity index is 1950. The lowest BCUT2D eigenvalue weighted by molar-refractivity contribution is -0.136. The van der Waals surface area contributed by atoms with Crippen LogP contribution in [0.25, 0.3) is 0 Å². The van der Waals surface area contributed by atoms with Gasteiger partial charge in [0.1, 0.15) is 41.8 Å². The molecule has 18 nitrogen and oxygen atoms in total. The van der Waals surface area contributed by atoms with Gasteiger partial charge in [-0.1, -0.05) is 57.4 Å². The number of nitrogens with two attached hydrogens (primary N) is 1. The number of carbonyl (C=O) groups excluding carboxylic acids is 8. The molecule has 3 aliphatic rings. The largest absolute Gasteiger partial charge is 0.493 e. The van der Waals surface area contributed by atoms with E-state index in [1.54, 1.807) is 42.5 Å². The van der Waals surface area contributed by atoms with Gasteiger partial charge in [0.15, 0.2) is 0 Å². The highest BCUT2D eigenvalue weighted by Crippen LogP contribution is 2.30. The van der Waals surface area contributed by atoms with E-state index in [1.807, 2.05) is 13.8 Å². The highest BCUT2D eigenvalue weighted by atomic mass is 16.5. The molecule has 1 saturated carbocycles. The van der Waals surface area contributed by atoms with Crippen molar-refractivity contribution in [2.45, 2.75) is 121 Å². The number of hydrogen-bond donors (Lipinski definition) is 8. The topological polar surface area (TPSA) is 265 Å². The predicted octanol–water partition coefficient (Wildman–Crippen LogP) is 1.26. The number of fused-ring (bicyclic) bond motifs is 2. The number of nitrogens with one attached hydrogen (secondary N) is 7. The Balaban J connectivity index is 1.23. The summed E-state index contributed by atoms with van der Waals surface area (Å²) in [7, 11) is 0. The zero-order chi connectivity index (χ0) is 44.6. The number of rotatable bonds is 8. The minimum Gasteiger partial charge on any atom is -0.493 e. The first-order valence-corrected chi connectivity index (χ1v) is 21.6. The molecule has 1 fully saturated rings. The number of unbranched alkanes of at least 4 members (excludes halogenated alkanes) is 1. The molecule has 0 unspecified atom stereocenters. The Morgan fingerprint density at radius 2 is 1.44 bits per heavy atom. The molecule has 2 heterocycles. The Morgan fingerprint density at radius 1 is 0.790 bits per heavy atom. The highest BCUT2D eigenvalue weighted by Gasteiger charge is 2.42. The summed E-state index contributed by atoms with van der Waals surface area (Å²) < 4.78 is 11.9. The summed E-state index contributed by atoms with van der Waals surface area (Å²) in [6.45, 7) is 4.50. The van der Waals surface area contributed by atoms with E-state index in [9.17, 15) is 38.4 Å². The summed E-state index contributed by atoms with van der Waals surface area (Å²) in [4.78, 5) is 107. The van der Waals surface area contributed by atoms with Gasteiger partial charge in [-0.3, -0.25) is 38.4 Å². The number of benzene rings is 2. The van der Waals surface area contributed by atoms with Gasteiger partial charge < -0.3 is 52.4 Å². The normalized spacial score (nSPS) is 23.2. The van der Waals surface area contributed by atoms with Crippen LogP contribution in [-0.4, -0.2) is 103 Å². The van der Waals surface area contributed by atoms with Crippen molar-refractivity contribution in [2.24, 2.45) is 11.7 Å². The Morgan fingerprint density at radius 3 is 2.10 bits per heavy atom. The van der Waals surface area contributed by atoms with Crippen LogP contribution >= 0.6 is 0 Å². The Labute approximate surface area is 361 Å². The standard InChI is InChI=1S/C44H60N8O10/c1-27(2)33-26-62-35-17-7-5-14-29(35)39(56)49-31(18-19-36(53)52-44(43(60)51-33)20-9-3-10-21-44)42(59)46-22-11-8-15-30-41(58)47-23-12-24-61-34-16-6-4-13-28(34)40(57)50-32(38(45)55)25-37(54)48-30/h4-7,13-14,16-17,27,30-33H,3,8-12,15,18-26H2,1-2H3,(H2,45,55)(H,46,59)(H,47,58)(H,48,54)(H,49,56)(H,50,57)(H,51,60)(H,52,53)/t30-,31-,32-,33+/m0/s1. The SMILES string of the molecule is CC(C)[C@H]1COc2ccccc2C(=O)N[C@H](C(=O)NCCCC[C@@H]2NC(=O)C[C@@H](C(N)=O)NC(=O)c3ccccc3OCCCNC2=O)CCC(=O)NC2(CCCCC2)C(=O)N1. The second kappa shape index (κ2) is 22.6. The van der Waals surface area contributed by atoms with Crippen LogP contribution in [0.15, 0.2) is 48.5 Å². The van der Waals surface area contributed by atoms with E-state index < -0.39 is 77.5 Å². The molecule has 2 aromatic carbocycles. The zero-order valence-corrected chi connectivity index (χ0v) is 35.5. The van der Waals surface area contributed by atoms with Crippen molar-refractivity contribution >= 4 is 47.3 Å². The van der Waals surface area contributed by atoms with Crippen LogP contribution in [0.3, 0.4) is 0 Å². The van der Waals surface area contributed by atoms with E-state index in [4.69, 9.17) is 15.2 Å². The smallest absolute Gasteiger partial charge is 0.255 e. The number of para-hydroxylation sites is 2. The van der Waals surface area contributed by atoms with Crippen LogP contribution < -0.4 is 52.4 Å². The van der Waals surface area contributed by atoms with Crippen molar-refractivity contribution in [1.29, 1.82) is 0 Å². The monoisotopic (exact) mass is 860 g/mol. The number of amides is 8. The first-order valence-electron chi connectivity index (χ1n) is 21.6. The molecule has 0 aromatic heterocycles. The molecule has 2 aromatic rings. The van der Waals surface area contributed by atoms with Crippen molar-refractivity contribution in [3.05, 3.63) is 59.7 Å². The molecule has 1 aliphatic carbocycles. The van der Waals surface area contributed by atoms with E-state index in [0.717, 1.165) is 19.3 Å². The number of ether oxygens (including phenoxy) is 2. The van der Waals surface area contributed by atoms with Crippen LogP contribution in [0.1, 0.15) is 112 Å². The van der Waals surface area contributed by atoms with Crippen molar-refractivity contribution in [3.8, 4) is 11.5 Å². The van der Waals surface area contributed by atoms with Gasteiger partial charge in [0, 0.05) is 19.5 Å². The fourth-order valence-electron chi connectivity index (χ4n) is 7.68. The maximum Gasteiger partial charge on any atom is 0.255 e. The van der Waals surface area contributed by atoms with Crippen LogP contribution in [0, 0.1) is 5.92 Å². The second-order valence-electron chi connectivity index (χ2n) is 16.4. The lowest BCUT2D eigenvalue weighted by Gasteiger charge is -2.38. The molecule has 1 spiro atoms. The molecule has 8 amide bonds. The molecular weight excluding hydrogens is 801 g/mol. The lowest BCUT2D eigenvalue weighted by atomic mass is 9.80. The average Bonchev–Trinajstić information content (AvgIpc) is 3.25. The molecule has 0 bridgehead atoms. The maximum atomic E-state index is 13.9. The van der Waals surface area contributed by atoms with Gasteiger partial charge in [0.2, 0.25) is 35.4 Å². The van der Waals surface area contributed by atoms with Gasteiger partial charge in [-0.25, -0.2) is 0 Å². The van der Waals surface area contributed by atoms with E-state index in [-0.39, 0.29) is 80.0 Å². The van der Waals surface area contributed by atoms with Crippen molar-refractivity contribution < 1.29 is 47.8 Å². The molecule has 9 N–H and O–H groups in total.